The molecular weight excluding hydrogens is 171 g/mol. The first kappa shape index (κ1) is 16.7. The zero-order chi connectivity index (χ0) is 6.41. The third-order valence-corrected chi connectivity index (χ3v) is 1.01. The van der Waals surface area contributed by atoms with Crippen LogP contribution in [-0.2, 0) is 0 Å². The fourth-order valence-electron chi connectivity index (χ4n) is 0.546. The molecule has 0 aromatic rings. The first-order valence-corrected chi connectivity index (χ1v) is 2.87. The van der Waals surface area contributed by atoms with Gasteiger partial charge in [-0.05, 0) is 19.4 Å². The first-order valence-electron chi connectivity index (χ1n) is 2.87. The summed E-state index contributed by atoms with van der Waals surface area (Å²) in [6, 6.07) is 0.220. The minimum absolute atomic E-state index is 0. The Balaban J connectivity index is -0.000000245. The Morgan fingerprint density at radius 3 is 2.20 bits per heavy atom. The summed E-state index contributed by atoms with van der Waals surface area (Å²) in [5.74, 6) is 0. The van der Waals surface area contributed by atoms with Crippen molar-refractivity contribution in [3.8, 4) is 0 Å². The van der Waals surface area contributed by atoms with Gasteiger partial charge in [0, 0.05) is 6.04 Å². The number of halogens is 2. The van der Waals surface area contributed by atoms with E-state index in [9.17, 15) is 0 Å². The van der Waals surface area contributed by atoms with Gasteiger partial charge >= 0.3 is 0 Å². The Morgan fingerprint density at radius 2 is 1.90 bits per heavy atom. The van der Waals surface area contributed by atoms with Gasteiger partial charge in [-0.1, -0.05) is 6.08 Å². The van der Waals surface area contributed by atoms with Crippen LogP contribution in [0.2, 0.25) is 0 Å². The van der Waals surface area contributed by atoms with E-state index in [2.05, 4.69) is 6.58 Å². The van der Waals surface area contributed by atoms with Crippen molar-refractivity contribution in [1.82, 2.24) is 0 Å². The quantitative estimate of drug-likeness (QED) is 0.647. The summed E-state index contributed by atoms with van der Waals surface area (Å²) in [6.45, 7) is 4.24. The Morgan fingerprint density at radius 1 is 1.40 bits per heavy atom. The average Bonchev–Trinajstić information content (AvgIpc) is 1.68. The van der Waals surface area contributed by atoms with E-state index in [1.165, 1.54) is 0 Å². The SMILES string of the molecule is C=CCC(N)CCN.Cl.Cl. The predicted octanol–water partition coefficient (Wildman–Crippen LogP) is 1.08. The van der Waals surface area contributed by atoms with Crippen molar-refractivity contribution in [3.05, 3.63) is 12.7 Å². The molecule has 10 heavy (non-hydrogen) atoms. The highest BCUT2D eigenvalue weighted by molar-refractivity contribution is 5.85. The summed E-state index contributed by atoms with van der Waals surface area (Å²) >= 11 is 0. The molecule has 2 nitrogen and oxygen atoms in total. The van der Waals surface area contributed by atoms with Crippen molar-refractivity contribution >= 4 is 24.8 Å². The topological polar surface area (TPSA) is 52.0 Å². The monoisotopic (exact) mass is 186 g/mol. The van der Waals surface area contributed by atoms with Gasteiger partial charge in [-0.25, -0.2) is 0 Å². The van der Waals surface area contributed by atoms with E-state index in [-0.39, 0.29) is 30.9 Å². The second kappa shape index (κ2) is 12.0. The van der Waals surface area contributed by atoms with Gasteiger partial charge in [0.1, 0.15) is 0 Å². The summed E-state index contributed by atoms with van der Waals surface area (Å²) in [6.07, 6.45) is 3.59. The fourth-order valence-corrected chi connectivity index (χ4v) is 0.546. The lowest BCUT2D eigenvalue weighted by Gasteiger charge is -2.04. The molecule has 0 fully saturated rings. The highest BCUT2D eigenvalue weighted by atomic mass is 35.5. The molecular formula is C6H16Cl2N2. The molecule has 0 rings (SSSR count). The second-order valence-electron chi connectivity index (χ2n) is 1.86. The lowest BCUT2D eigenvalue weighted by molar-refractivity contribution is 0.630. The molecule has 0 amide bonds. The molecule has 0 heterocycles. The van der Waals surface area contributed by atoms with Crippen LogP contribution in [0.3, 0.4) is 0 Å². The van der Waals surface area contributed by atoms with E-state index < -0.39 is 0 Å². The van der Waals surface area contributed by atoms with Crippen LogP contribution in [0.1, 0.15) is 12.8 Å². The van der Waals surface area contributed by atoms with Crippen molar-refractivity contribution in [1.29, 1.82) is 0 Å². The van der Waals surface area contributed by atoms with Crippen LogP contribution >= 0.6 is 24.8 Å². The zero-order valence-electron chi connectivity index (χ0n) is 5.95. The van der Waals surface area contributed by atoms with Crippen LogP contribution in [0.5, 0.6) is 0 Å². The fraction of sp³-hybridized carbons (Fsp3) is 0.667. The molecule has 4 N–H and O–H groups in total. The maximum atomic E-state index is 5.54. The molecule has 0 spiro atoms. The molecule has 0 aliphatic rings. The maximum Gasteiger partial charge on any atom is 0.00853 e. The van der Waals surface area contributed by atoms with Crippen molar-refractivity contribution < 1.29 is 0 Å². The highest BCUT2D eigenvalue weighted by Crippen LogP contribution is 1.91. The molecule has 0 aromatic heterocycles. The van der Waals surface area contributed by atoms with E-state index in [1.807, 2.05) is 6.08 Å². The van der Waals surface area contributed by atoms with Crippen LogP contribution in [0, 0.1) is 0 Å². The molecule has 1 atom stereocenters. The molecule has 0 saturated carbocycles. The minimum Gasteiger partial charge on any atom is -0.330 e. The van der Waals surface area contributed by atoms with E-state index in [0.717, 1.165) is 12.8 Å². The van der Waals surface area contributed by atoms with Crippen molar-refractivity contribution in [2.45, 2.75) is 18.9 Å². The standard InChI is InChI=1S/C6H14N2.2ClH/c1-2-3-6(8)4-5-7;;/h2,6H,1,3-5,7-8H2;2*1H. The molecule has 64 valence electrons. The van der Waals surface area contributed by atoms with E-state index in [1.54, 1.807) is 0 Å². The Bertz CT molecular complexity index is 68.8. The Labute approximate surface area is 74.9 Å². The van der Waals surface area contributed by atoms with Crippen molar-refractivity contribution in [3.63, 3.8) is 0 Å². The Kier molecular flexibility index (Phi) is 20.0. The van der Waals surface area contributed by atoms with Crippen LogP contribution in [-0.4, -0.2) is 12.6 Å². The molecule has 0 aromatic carbocycles. The van der Waals surface area contributed by atoms with Gasteiger partial charge in [-0.3, -0.25) is 0 Å². The lowest BCUT2D eigenvalue weighted by Crippen LogP contribution is -2.22. The number of hydrogen-bond donors (Lipinski definition) is 2. The predicted molar refractivity (Wildman–Crippen MR) is 51.0 cm³/mol. The third-order valence-electron chi connectivity index (χ3n) is 1.01. The van der Waals surface area contributed by atoms with E-state index in [0.29, 0.717) is 6.54 Å². The largest absolute Gasteiger partial charge is 0.330 e. The molecule has 0 aliphatic carbocycles. The van der Waals surface area contributed by atoms with Crippen molar-refractivity contribution in [2.24, 2.45) is 11.5 Å². The first-order chi connectivity index (χ1) is 3.81. The average molecular weight is 187 g/mol. The summed E-state index contributed by atoms with van der Waals surface area (Å²) < 4.78 is 0. The van der Waals surface area contributed by atoms with Gasteiger partial charge in [0.2, 0.25) is 0 Å². The molecule has 0 aliphatic heterocycles. The Hall–Kier alpha value is 0.240. The molecule has 0 radical (unpaired) electrons. The third kappa shape index (κ3) is 11.1. The van der Waals surface area contributed by atoms with Crippen molar-refractivity contribution in [2.75, 3.05) is 6.54 Å². The smallest absolute Gasteiger partial charge is 0.00853 e. The van der Waals surface area contributed by atoms with Crippen LogP contribution < -0.4 is 11.5 Å². The van der Waals surface area contributed by atoms with Crippen LogP contribution in [0.25, 0.3) is 0 Å². The summed E-state index contributed by atoms with van der Waals surface area (Å²) in [4.78, 5) is 0. The molecule has 4 heteroatoms. The van der Waals surface area contributed by atoms with Gasteiger partial charge in [0.05, 0.1) is 0 Å². The number of nitrogens with two attached hydrogens (primary N) is 2. The normalized spacial score (nSPS) is 10.6. The van der Waals surface area contributed by atoms with Gasteiger partial charge in [-0.15, -0.1) is 31.4 Å². The van der Waals surface area contributed by atoms with Gasteiger partial charge in [0.15, 0.2) is 0 Å². The molecule has 0 saturated heterocycles. The lowest BCUT2D eigenvalue weighted by atomic mass is 10.1. The molecule has 0 bridgehead atoms. The molecule has 1 unspecified atom stereocenters. The zero-order valence-corrected chi connectivity index (χ0v) is 7.59. The summed E-state index contributed by atoms with van der Waals surface area (Å²) in [5, 5.41) is 0. The maximum absolute atomic E-state index is 5.54. The minimum atomic E-state index is 0. The van der Waals surface area contributed by atoms with Crippen LogP contribution in [0.4, 0.5) is 0 Å². The summed E-state index contributed by atoms with van der Waals surface area (Å²) in [5.41, 5.74) is 10.8. The van der Waals surface area contributed by atoms with E-state index >= 15 is 0 Å². The van der Waals surface area contributed by atoms with E-state index in [4.69, 9.17) is 11.5 Å². The number of rotatable bonds is 4. The van der Waals surface area contributed by atoms with Gasteiger partial charge < -0.3 is 11.5 Å². The number of hydrogen-bond acceptors (Lipinski definition) is 2. The van der Waals surface area contributed by atoms with Crippen LogP contribution in [0.15, 0.2) is 12.7 Å². The summed E-state index contributed by atoms with van der Waals surface area (Å²) in [7, 11) is 0. The second-order valence-corrected chi connectivity index (χ2v) is 1.86. The highest BCUT2D eigenvalue weighted by Gasteiger charge is 1.94. The van der Waals surface area contributed by atoms with Gasteiger partial charge in [-0.2, -0.15) is 0 Å². The van der Waals surface area contributed by atoms with Gasteiger partial charge in [0.25, 0.3) is 0 Å².